The monoisotopic (exact) mass is 340 g/mol. The molecule has 1 aliphatic heterocycles. The fraction of sp³-hybridized carbons (Fsp3) is 0.368. The van der Waals surface area contributed by atoms with Crippen LogP contribution in [-0.4, -0.2) is 42.7 Å². The lowest BCUT2D eigenvalue weighted by molar-refractivity contribution is 0.180. The number of nitriles is 1. The molecular weight excluding hydrogens is 319 g/mol. The lowest BCUT2D eigenvalue weighted by Gasteiger charge is -2.41. The zero-order valence-corrected chi connectivity index (χ0v) is 14.4. The highest BCUT2D eigenvalue weighted by molar-refractivity contribution is 5.46. The van der Waals surface area contributed by atoms with Gasteiger partial charge in [-0.3, -0.25) is 4.90 Å². The molecule has 1 fully saturated rings. The van der Waals surface area contributed by atoms with E-state index < -0.39 is 0 Å². The van der Waals surface area contributed by atoms with Crippen molar-refractivity contribution in [3.63, 3.8) is 0 Å². The van der Waals surface area contributed by atoms with E-state index in [1.54, 1.807) is 24.4 Å². The van der Waals surface area contributed by atoms with E-state index >= 15 is 0 Å². The number of aromatic nitrogens is 1. The number of anilines is 1. The summed E-state index contributed by atoms with van der Waals surface area (Å²) in [6.45, 7) is 5.50. The van der Waals surface area contributed by atoms with Crippen molar-refractivity contribution in [1.82, 2.24) is 9.88 Å². The summed E-state index contributed by atoms with van der Waals surface area (Å²) in [6.07, 6.45) is 1.75. The lowest BCUT2D eigenvalue weighted by Crippen LogP contribution is -2.51. The largest absolute Gasteiger partial charge is 0.494 e. The molecular formula is C19H21FN4O. The molecule has 1 atom stereocenters. The summed E-state index contributed by atoms with van der Waals surface area (Å²) < 4.78 is 18.8. The van der Waals surface area contributed by atoms with E-state index in [1.807, 2.05) is 18.2 Å². The molecule has 0 N–H and O–H groups in total. The second-order valence-electron chi connectivity index (χ2n) is 6.25. The molecule has 0 spiro atoms. The number of benzene rings is 1. The summed E-state index contributed by atoms with van der Waals surface area (Å²) in [7, 11) is 1.47. The van der Waals surface area contributed by atoms with E-state index in [-0.39, 0.29) is 11.6 Å². The quantitative estimate of drug-likeness (QED) is 0.857. The van der Waals surface area contributed by atoms with Crippen LogP contribution >= 0.6 is 0 Å². The van der Waals surface area contributed by atoms with E-state index in [1.165, 1.54) is 7.11 Å². The van der Waals surface area contributed by atoms with Crippen molar-refractivity contribution in [2.75, 3.05) is 31.6 Å². The highest BCUT2D eigenvalue weighted by Gasteiger charge is 2.24. The first kappa shape index (κ1) is 17.2. The molecule has 0 bridgehead atoms. The summed E-state index contributed by atoms with van der Waals surface area (Å²) in [6, 6.07) is 11.2. The SMILES string of the molecule is COc1ccc(CN2CCN(c3ccc(C#N)nc3)CC2C)cc1F. The van der Waals surface area contributed by atoms with Gasteiger partial charge in [0.1, 0.15) is 11.8 Å². The number of rotatable bonds is 4. The summed E-state index contributed by atoms with van der Waals surface area (Å²) in [5, 5.41) is 8.84. The number of hydrogen-bond donors (Lipinski definition) is 0. The minimum Gasteiger partial charge on any atom is -0.494 e. The Morgan fingerprint density at radius 2 is 2.16 bits per heavy atom. The maximum Gasteiger partial charge on any atom is 0.165 e. The van der Waals surface area contributed by atoms with Gasteiger partial charge in [0.25, 0.3) is 0 Å². The molecule has 25 heavy (non-hydrogen) atoms. The molecule has 1 aromatic carbocycles. The minimum absolute atomic E-state index is 0.273. The molecule has 2 heterocycles. The van der Waals surface area contributed by atoms with Crippen molar-refractivity contribution in [2.45, 2.75) is 19.5 Å². The van der Waals surface area contributed by atoms with Gasteiger partial charge in [-0.15, -0.1) is 0 Å². The zero-order chi connectivity index (χ0) is 17.8. The molecule has 3 rings (SSSR count). The van der Waals surface area contributed by atoms with Crippen molar-refractivity contribution in [1.29, 1.82) is 5.26 Å². The Morgan fingerprint density at radius 1 is 1.32 bits per heavy atom. The van der Waals surface area contributed by atoms with Gasteiger partial charge in [-0.05, 0) is 36.8 Å². The third-order valence-corrected chi connectivity index (χ3v) is 4.59. The number of piperazine rings is 1. The number of ether oxygens (including phenoxy) is 1. The van der Waals surface area contributed by atoms with E-state index in [0.717, 1.165) is 30.9 Å². The molecule has 5 nitrogen and oxygen atoms in total. The summed E-state index contributed by atoms with van der Waals surface area (Å²) in [5.41, 5.74) is 2.40. The van der Waals surface area contributed by atoms with Crippen LogP contribution in [0.4, 0.5) is 10.1 Å². The van der Waals surface area contributed by atoms with Gasteiger partial charge in [0.05, 0.1) is 19.0 Å². The predicted molar refractivity (Wildman–Crippen MR) is 94.0 cm³/mol. The average Bonchev–Trinajstić information content (AvgIpc) is 2.63. The number of pyridine rings is 1. The molecule has 0 radical (unpaired) electrons. The van der Waals surface area contributed by atoms with Crippen LogP contribution in [0, 0.1) is 17.1 Å². The molecule has 1 saturated heterocycles. The minimum atomic E-state index is -0.324. The van der Waals surface area contributed by atoms with E-state index in [2.05, 4.69) is 21.7 Å². The van der Waals surface area contributed by atoms with Gasteiger partial charge in [-0.1, -0.05) is 6.07 Å². The van der Waals surface area contributed by atoms with Gasteiger partial charge in [-0.25, -0.2) is 9.37 Å². The van der Waals surface area contributed by atoms with E-state index in [0.29, 0.717) is 18.3 Å². The van der Waals surface area contributed by atoms with Crippen LogP contribution in [0.1, 0.15) is 18.2 Å². The van der Waals surface area contributed by atoms with Crippen LogP contribution in [0.3, 0.4) is 0 Å². The Balaban J connectivity index is 1.63. The van der Waals surface area contributed by atoms with Gasteiger partial charge >= 0.3 is 0 Å². The fourth-order valence-electron chi connectivity index (χ4n) is 3.15. The number of nitrogens with zero attached hydrogens (tertiary/aromatic N) is 4. The topological polar surface area (TPSA) is 52.4 Å². The van der Waals surface area contributed by atoms with Gasteiger partial charge in [0.15, 0.2) is 11.6 Å². The smallest absolute Gasteiger partial charge is 0.165 e. The third-order valence-electron chi connectivity index (χ3n) is 4.59. The van der Waals surface area contributed by atoms with Crippen LogP contribution in [0.2, 0.25) is 0 Å². The number of hydrogen-bond acceptors (Lipinski definition) is 5. The van der Waals surface area contributed by atoms with Crippen LogP contribution in [0.25, 0.3) is 0 Å². The lowest BCUT2D eigenvalue weighted by atomic mass is 10.1. The Kier molecular flexibility index (Phi) is 5.15. The summed E-state index contributed by atoms with van der Waals surface area (Å²) in [5.74, 6) is -0.0510. The van der Waals surface area contributed by atoms with Crippen LogP contribution < -0.4 is 9.64 Å². The van der Waals surface area contributed by atoms with Crippen molar-refractivity contribution >= 4 is 5.69 Å². The maximum atomic E-state index is 13.9. The second-order valence-corrected chi connectivity index (χ2v) is 6.25. The first-order valence-corrected chi connectivity index (χ1v) is 8.28. The molecule has 0 aliphatic carbocycles. The van der Waals surface area contributed by atoms with Crippen molar-refractivity contribution in [3.05, 3.63) is 53.6 Å². The Morgan fingerprint density at radius 3 is 2.76 bits per heavy atom. The highest BCUT2D eigenvalue weighted by Crippen LogP contribution is 2.22. The summed E-state index contributed by atoms with van der Waals surface area (Å²) >= 11 is 0. The zero-order valence-electron chi connectivity index (χ0n) is 14.4. The summed E-state index contributed by atoms with van der Waals surface area (Å²) in [4.78, 5) is 8.75. The maximum absolute atomic E-state index is 13.9. The van der Waals surface area contributed by atoms with Crippen molar-refractivity contribution in [3.8, 4) is 11.8 Å². The predicted octanol–water partition coefficient (Wildman–Crippen LogP) is 2.81. The van der Waals surface area contributed by atoms with Crippen molar-refractivity contribution < 1.29 is 9.13 Å². The number of halogens is 1. The molecule has 130 valence electrons. The Hall–Kier alpha value is -2.65. The molecule has 2 aromatic rings. The standard InChI is InChI=1S/C19H21FN4O/c1-14-12-24(17-5-4-16(10-21)22-11-17)8-7-23(14)13-15-3-6-19(25-2)18(20)9-15/h3-6,9,11,14H,7-8,12-13H2,1-2H3. The van der Waals surface area contributed by atoms with Gasteiger partial charge < -0.3 is 9.64 Å². The Labute approximate surface area is 147 Å². The number of methoxy groups -OCH3 is 1. The fourth-order valence-corrected chi connectivity index (χ4v) is 3.15. The van der Waals surface area contributed by atoms with E-state index in [4.69, 9.17) is 10.00 Å². The Bertz CT molecular complexity index is 772. The van der Waals surface area contributed by atoms with Crippen molar-refractivity contribution in [2.24, 2.45) is 0 Å². The third kappa shape index (κ3) is 3.89. The van der Waals surface area contributed by atoms with Crippen LogP contribution in [-0.2, 0) is 6.54 Å². The molecule has 1 aliphatic rings. The molecule has 0 amide bonds. The molecule has 0 saturated carbocycles. The van der Waals surface area contributed by atoms with Gasteiger partial charge in [-0.2, -0.15) is 5.26 Å². The molecule has 1 unspecified atom stereocenters. The van der Waals surface area contributed by atoms with Gasteiger partial charge in [0.2, 0.25) is 0 Å². The van der Waals surface area contributed by atoms with E-state index in [9.17, 15) is 4.39 Å². The normalized spacial score (nSPS) is 18.0. The highest BCUT2D eigenvalue weighted by atomic mass is 19.1. The molecule has 6 heteroatoms. The van der Waals surface area contributed by atoms with Gasteiger partial charge in [0, 0.05) is 32.2 Å². The molecule has 1 aromatic heterocycles. The van der Waals surface area contributed by atoms with Crippen LogP contribution in [0.15, 0.2) is 36.5 Å². The first-order chi connectivity index (χ1) is 12.1. The first-order valence-electron chi connectivity index (χ1n) is 8.28. The average molecular weight is 340 g/mol. The second kappa shape index (κ2) is 7.49. The van der Waals surface area contributed by atoms with Crippen LogP contribution in [0.5, 0.6) is 5.75 Å².